The van der Waals surface area contributed by atoms with Crippen LogP contribution < -0.4 is 13.8 Å². The minimum absolute atomic E-state index is 0.0887. The second-order valence-corrected chi connectivity index (χ2v) is 21.1. The zero-order valence-electron chi connectivity index (χ0n) is 27.9. The minimum atomic E-state index is -4.16. The first-order valence-corrected chi connectivity index (χ1v) is 21.0. The van der Waals surface area contributed by atoms with Gasteiger partial charge in [0.05, 0.1) is 11.7 Å². The predicted molar refractivity (Wildman–Crippen MR) is 181 cm³/mol. The molecule has 2 unspecified atom stereocenters. The van der Waals surface area contributed by atoms with E-state index in [-0.39, 0.29) is 37.6 Å². The van der Waals surface area contributed by atoms with Crippen molar-refractivity contribution in [1.82, 2.24) is 24.7 Å². The van der Waals surface area contributed by atoms with E-state index in [0.29, 0.717) is 34.8 Å². The van der Waals surface area contributed by atoms with Crippen LogP contribution in [0.2, 0.25) is 25.7 Å². The number of aryl methyl sites for hydroxylation is 1. The third-order valence-corrected chi connectivity index (χ3v) is 11.7. The van der Waals surface area contributed by atoms with E-state index in [1.807, 2.05) is 45.0 Å². The van der Waals surface area contributed by atoms with E-state index in [0.717, 1.165) is 5.56 Å². The van der Waals surface area contributed by atoms with Gasteiger partial charge >= 0.3 is 0 Å². The van der Waals surface area contributed by atoms with E-state index in [1.54, 1.807) is 36.0 Å². The lowest BCUT2D eigenvalue weighted by molar-refractivity contribution is 0.00139. The fourth-order valence-electron chi connectivity index (χ4n) is 5.22. The number of anilines is 1. The Kier molecular flexibility index (Phi) is 10.3. The number of ether oxygens (including phenoxy) is 3. The Morgan fingerprint density at radius 2 is 1.72 bits per heavy atom. The van der Waals surface area contributed by atoms with Gasteiger partial charge in [0, 0.05) is 27.0 Å². The molecular formula is C33H43FN6O5SSi. The molecule has 252 valence electrons. The predicted octanol–water partition coefficient (Wildman–Crippen LogP) is 6.22. The van der Waals surface area contributed by atoms with Crippen molar-refractivity contribution in [2.75, 3.05) is 24.1 Å². The number of aromatic nitrogens is 5. The highest BCUT2D eigenvalue weighted by atomic mass is 32.2. The molecule has 0 aliphatic carbocycles. The minimum Gasteiger partial charge on any atom is -0.491 e. The standard InChI is InChI=1S/C33H43FN6O5SSi/c1-22(2)45-30(31-35-18-23(3)19-36-31)24(4)46(41,42)39(16-17-47(5,6)7)33-38-37-32-28-10-8-9-11-29(28)44-21-26(40(32)33)20-43-27-14-12-25(34)13-15-27/h8-15,18-19,22,24,26,30H,16-17,20-21H2,1-7H3/t24?,26-,30?/m0/s1. The number of sulfonamides is 1. The Morgan fingerprint density at radius 1 is 1.04 bits per heavy atom. The number of rotatable bonds is 13. The van der Waals surface area contributed by atoms with Gasteiger partial charge in [0.25, 0.3) is 0 Å². The monoisotopic (exact) mass is 682 g/mol. The summed E-state index contributed by atoms with van der Waals surface area (Å²) in [4.78, 5) is 8.90. The number of benzene rings is 2. The molecule has 11 nitrogen and oxygen atoms in total. The maximum Gasteiger partial charge on any atom is 0.243 e. The van der Waals surface area contributed by atoms with E-state index in [2.05, 4.69) is 39.8 Å². The summed E-state index contributed by atoms with van der Waals surface area (Å²) in [5.41, 5.74) is 1.53. The Hall–Kier alpha value is -3.88. The van der Waals surface area contributed by atoms with Gasteiger partial charge in [-0.25, -0.2) is 27.1 Å². The van der Waals surface area contributed by atoms with Gasteiger partial charge in [-0.15, -0.1) is 10.2 Å². The van der Waals surface area contributed by atoms with Crippen LogP contribution in [-0.2, 0) is 14.8 Å². The number of halogens is 1. The molecule has 47 heavy (non-hydrogen) atoms. The summed E-state index contributed by atoms with van der Waals surface area (Å²) in [5.74, 6) is 1.60. The summed E-state index contributed by atoms with van der Waals surface area (Å²) in [5, 5.41) is 8.02. The molecule has 5 rings (SSSR count). The molecule has 2 aromatic heterocycles. The van der Waals surface area contributed by atoms with Gasteiger partial charge in [-0.3, -0.25) is 4.57 Å². The summed E-state index contributed by atoms with van der Waals surface area (Å²) in [6.07, 6.45) is 2.08. The molecule has 0 radical (unpaired) electrons. The van der Waals surface area contributed by atoms with Gasteiger partial charge < -0.3 is 14.2 Å². The summed E-state index contributed by atoms with van der Waals surface area (Å²) < 4.78 is 65.0. The second-order valence-electron chi connectivity index (χ2n) is 13.3. The van der Waals surface area contributed by atoms with Gasteiger partial charge in [-0.1, -0.05) is 31.8 Å². The lowest BCUT2D eigenvalue weighted by atomic mass is 10.2. The highest BCUT2D eigenvalue weighted by Gasteiger charge is 2.42. The van der Waals surface area contributed by atoms with Crippen LogP contribution >= 0.6 is 0 Å². The van der Waals surface area contributed by atoms with Crippen molar-refractivity contribution in [3.8, 4) is 22.9 Å². The molecule has 1 aliphatic rings. The van der Waals surface area contributed by atoms with Crippen molar-refractivity contribution in [2.45, 2.75) is 76.9 Å². The van der Waals surface area contributed by atoms with Crippen molar-refractivity contribution < 1.29 is 27.0 Å². The summed E-state index contributed by atoms with van der Waals surface area (Å²) in [6.45, 7) is 14.2. The molecule has 0 spiro atoms. The summed E-state index contributed by atoms with van der Waals surface area (Å²) in [6, 6.07) is 13.3. The van der Waals surface area contributed by atoms with Crippen molar-refractivity contribution >= 4 is 24.0 Å². The van der Waals surface area contributed by atoms with Crippen molar-refractivity contribution in [1.29, 1.82) is 0 Å². The third-order valence-electron chi connectivity index (χ3n) is 7.82. The highest BCUT2D eigenvalue weighted by Crippen LogP contribution is 2.39. The van der Waals surface area contributed by atoms with Gasteiger partial charge in [-0.2, -0.15) is 0 Å². The first-order valence-electron chi connectivity index (χ1n) is 15.8. The van der Waals surface area contributed by atoms with Gasteiger partial charge in [0.2, 0.25) is 16.0 Å². The second kappa shape index (κ2) is 14.1. The normalized spacial score (nSPS) is 16.1. The van der Waals surface area contributed by atoms with Crippen LogP contribution in [0.5, 0.6) is 11.5 Å². The average molecular weight is 683 g/mol. The molecule has 0 fully saturated rings. The Labute approximate surface area is 277 Å². The first-order chi connectivity index (χ1) is 22.2. The van der Waals surface area contributed by atoms with E-state index < -0.39 is 35.5 Å². The maximum atomic E-state index is 14.9. The number of hydrogen-bond acceptors (Lipinski definition) is 9. The molecule has 2 aromatic carbocycles. The van der Waals surface area contributed by atoms with Crippen LogP contribution in [0.4, 0.5) is 10.3 Å². The van der Waals surface area contributed by atoms with E-state index in [4.69, 9.17) is 14.2 Å². The van der Waals surface area contributed by atoms with Crippen LogP contribution in [0.1, 0.15) is 44.3 Å². The number of para-hydroxylation sites is 1. The zero-order chi connectivity index (χ0) is 33.9. The highest BCUT2D eigenvalue weighted by molar-refractivity contribution is 7.93. The van der Waals surface area contributed by atoms with Crippen LogP contribution in [0, 0.1) is 12.7 Å². The lowest BCUT2D eigenvalue weighted by Crippen LogP contribution is -2.45. The number of hydrogen-bond donors (Lipinski definition) is 0. The molecule has 0 saturated heterocycles. The van der Waals surface area contributed by atoms with Gasteiger partial charge in [0.15, 0.2) is 11.6 Å². The smallest absolute Gasteiger partial charge is 0.243 e. The zero-order valence-corrected chi connectivity index (χ0v) is 29.7. The van der Waals surface area contributed by atoms with Crippen molar-refractivity contribution in [3.05, 3.63) is 78.1 Å². The third kappa shape index (κ3) is 7.99. The number of nitrogens with zero attached hydrogens (tertiary/aromatic N) is 6. The van der Waals surface area contributed by atoms with Gasteiger partial charge in [-0.05, 0) is 75.7 Å². The quantitative estimate of drug-likeness (QED) is 0.151. The SMILES string of the molecule is Cc1cnc(C(OC(C)C)C(C)S(=O)(=O)N(CC[Si](C)(C)C)c2nnc3n2[C@@H](COc2ccc(F)cc2)COc2ccccc2-3)nc1. The average Bonchev–Trinajstić information content (AvgIpc) is 3.37. The Bertz CT molecular complexity index is 1760. The van der Waals surface area contributed by atoms with E-state index in [9.17, 15) is 12.8 Å². The maximum absolute atomic E-state index is 14.9. The summed E-state index contributed by atoms with van der Waals surface area (Å²) >= 11 is 0. The van der Waals surface area contributed by atoms with E-state index in [1.165, 1.54) is 16.4 Å². The molecule has 0 bridgehead atoms. The van der Waals surface area contributed by atoms with Gasteiger partial charge in [0.1, 0.15) is 47.9 Å². The molecule has 3 heterocycles. The molecule has 1 aliphatic heterocycles. The van der Waals surface area contributed by atoms with Crippen molar-refractivity contribution in [2.24, 2.45) is 0 Å². The molecular weight excluding hydrogens is 640 g/mol. The molecule has 0 saturated carbocycles. The molecule has 0 amide bonds. The summed E-state index contributed by atoms with van der Waals surface area (Å²) in [7, 11) is -5.92. The molecule has 14 heteroatoms. The molecule has 3 atom stereocenters. The van der Waals surface area contributed by atoms with Crippen LogP contribution in [0.15, 0.2) is 60.9 Å². The largest absolute Gasteiger partial charge is 0.491 e. The van der Waals surface area contributed by atoms with Crippen molar-refractivity contribution in [3.63, 3.8) is 0 Å². The lowest BCUT2D eigenvalue weighted by Gasteiger charge is -2.33. The molecule has 4 aromatic rings. The fraction of sp³-hybridized carbons (Fsp3) is 0.455. The fourth-order valence-corrected chi connectivity index (χ4v) is 7.87. The van der Waals surface area contributed by atoms with E-state index >= 15 is 0 Å². The van der Waals surface area contributed by atoms with Crippen LogP contribution in [0.25, 0.3) is 11.4 Å². The Morgan fingerprint density at radius 3 is 2.38 bits per heavy atom. The Balaban J connectivity index is 1.61. The van der Waals surface area contributed by atoms with Crippen LogP contribution in [0.3, 0.4) is 0 Å². The number of fused-ring (bicyclic) bond motifs is 3. The topological polar surface area (TPSA) is 122 Å². The molecule has 0 N–H and O–H groups in total. The first kappa shape index (κ1) is 34.5. The van der Waals surface area contributed by atoms with Crippen LogP contribution in [-0.4, -0.2) is 72.3 Å².